The molecule has 1 atom stereocenters. The predicted molar refractivity (Wildman–Crippen MR) is 73.8 cm³/mol. The molecule has 0 aliphatic carbocycles. The number of amides is 1. The molecule has 7 heteroatoms. The van der Waals surface area contributed by atoms with Crippen LogP contribution in [0.1, 0.15) is 29.6 Å². The molecule has 20 heavy (non-hydrogen) atoms. The lowest BCUT2D eigenvalue weighted by molar-refractivity contribution is 0.0676. The van der Waals surface area contributed by atoms with Crippen molar-refractivity contribution in [2.24, 2.45) is 17.9 Å². The van der Waals surface area contributed by atoms with Gasteiger partial charge in [0.2, 0.25) is 0 Å². The molecular formula is C13H18N4O3. The lowest BCUT2D eigenvalue weighted by Gasteiger charge is -2.34. The number of carbonyl (C=O) groups excluding carboxylic acids is 1. The number of nitrogens with zero attached hydrogens (tertiary/aromatic N) is 3. The summed E-state index contributed by atoms with van der Waals surface area (Å²) in [6, 6.07) is 2.49. The molecule has 0 radical (unpaired) electrons. The summed E-state index contributed by atoms with van der Waals surface area (Å²) < 4.78 is 1.40. The van der Waals surface area contributed by atoms with Crippen LogP contribution in [0.15, 0.2) is 28.3 Å². The Balaban J connectivity index is 2.29. The van der Waals surface area contributed by atoms with Gasteiger partial charge >= 0.3 is 0 Å². The molecule has 1 aliphatic rings. The monoisotopic (exact) mass is 278 g/mol. The van der Waals surface area contributed by atoms with Gasteiger partial charge in [-0.15, -0.1) is 0 Å². The number of nitrogens with two attached hydrogens (primary N) is 1. The summed E-state index contributed by atoms with van der Waals surface area (Å²) in [5.74, 6) is -0.235. The fraction of sp³-hybridized carbons (Fsp3) is 0.462. The molecule has 1 aromatic rings. The third-order valence-electron chi connectivity index (χ3n) is 3.57. The van der Waals surface area contributed by atoms with Crippen LogP contribution in [0.5, 0.6) is 0 Å². The van der Waals surface area contributed by atoms with E-state index in [-0.39, 0.29) is 17.3 Å². The lowest BCUT2D eigenvalue weighted by atomic mass is 10.00. The van der Waals surface area contributed by atoms with E-state index >= 15 is 0 Å². The average molecular weight is 278 g/mol. The minimum atomic E-state index is -0.412. The van der Waals surface area contributed by atoms with Crippen LogP contribution in [0.25, 0.3) is 0 Å². The molecule has 0 saturated carbocycles. The van der Waals surface area contributed by atoms with E-state index in [1.54, 1.807) is 24.2 Å². The van der Waals surface area contributed by atoms with Crippen LogP contribution in [-0.2, 0) is 7.05 Å². The maximum Gasteiger partial charge on any atom is 0.254 e. The van der Waals surface area contributed by atoms with Gasteiger partial charge in [0.1, 0.15) is 0 Å². The van der Waals surface area contributed by atoms with Crippen LogP contribution in [0.3, 0.4) is 0 Å². The Kier molecular flexibility index (Phi) is 4.07. The number of amidine groups is 1. The molecule has 1 saturated heterocycles. The Morgan fingerprint density at radius 1 is 1.50 bits per heavy atom. The molecule has 0 aromatic carbocycles. The second-order valence-electron chi connectivity index (χ2n) is 4.90. The number of likely N-dealkylation sites (tertiary alicyclic amines) is 1. The first-order chi connectivity index (χ1) is 9.54. The first-order valence-corrected chi connectivity index (χ1v) is 6.49. The number of hydrogen-bond donors (Lipinski definition) is 2. The van der Waals surface area contributed by atoms with Crippen molar-refractivity contribution in [2.45, 2.75) is 25.3 Å². The smallest absolute Gasteiger partial charge is 0.254 e. The van der Waals surface area contributed by atoms with Crippen molar-refractivity contribution in [1.82, 2.24) is 9.47 Å². The number of oxime groups is 1. The summed E-state index contributed by atoms with van der Waals surface area (Å²) >= 11 is 0. The van der Waals surface area contributed by atoms with Crippen molar-refractivity contribution in [3.8, 4) is 0 Å². The van der Waals surface area contributed by atoms with Gasteiger partial charge in [-0.3, -0.25) is 9.59 Å². The Morgan fingerprint density at radius 2 is 2.25 bits per heavy atom. The van der Waals surface area contributed by atoms with Crippen molar-refractivity contribution in [3.05, 3.63) is 34.2 Å². The van der Waals surface area contributed by atoms with Gasteiger partial charge in [0.05, 0.1) is 6.04 Å². The van der Waals surface area contributed by atoms with Crippen LogP contribution < -0.4 is 11.3 Å². The number of pyridine rings is 1. The zero-order chi connectivity index (χ0) is 14.7. The summed E-state index contributed by atoms with van der Waals surface area (Å²) in [5, 5.41) is 11.8. The highest BCUT2D eigenvalue weighted by Crippen LogP contribution is 2.19. The summed E-state index contributed by atoms with van der Waals surface area (Å²) in [6.45, 7) is 0.537. The third kappa shape index (κ3) is 2.66. The zero-order valence-electron chi connectivity index (χ0n) is 11.3. The first kappa shape index (κ1) is 14.1. The molecule has 7 nitrogen and oxygen atoms in total. The molecule has 3 N–H and O–H groups in total. The molecule has 2 heterocycles. The molecule has 1 fully saturated rings. The van der Waals surface area contributed by atoms with Crippen molar-refractivity contribution < 1.29 is 10.0 Å². The van der Waals surface area contributed by atoms with E-state index in [1.807, 2.05) is 0 Å². The van der Waals surface area contributed by atoms with Crippen LogP contribution in [0.4, 0.5) is 0 Å². The Hall–Kier alpha value is -2.31. The summed E-state index contributed by atoms with van der Waals surface area (Å²) in [4.78, 5) is 25.6. The fourth-order valence-electron chi connectivity index (χ4n) is 2.40. The van der Waals surface area contributed by atoms with E-state index in [0.29, 0.717) is 18.5 Å². The number of rotatable bonds is 2. The van der Waals surface area contributed by atoms with E-state index in [4.69, 9.17) is 10.9 Å². The van der Waals surface area contributed by atoms with Crippen LogP contribution in [0, 0.1) is 0 Å². The summed E-state index contributed by atoms with van der Waals surface area (Å²) in [6.07, 6.45) is 4.00. The summed E-state index contributed by atoms with van der Waals surface area (Å²) in [5.41, 5.74) is 5.73. The number of piperidine rings is 1. The van der Waals surface area contributed by atoms with Gasteiger partial charge in [-0.25, -0.2) is 0 Å². The van der Waals surface area contributed by atoms with Gasteiger partial charge in [0.25, 0.3) is 11.5 Å². The molecule has 1 unspecified atom stereocenters. The summed E-state index contributed by atoms with van der Waals surface area (Å²) in [7, 11) is 1.62. The van der Waals surface area contributed by atoms with E-state index < -0.39 is 6.04 Å². The van der Waals surface area contributed by atoms with E-state index in [0.717, 1.165) is 12.8 Å². The number of aromatic nitrogens is 1. The molecule has 1 amide bonds. The number of hydrogen-bond acceptors (Lipinski definition) is 4. The lowest BCUT2D eigenvalue weighted by Crippen LogP contribution is -2.50. The topological polar surface area (TPSA) is 101 Å². The van der Waals surface area contributed by atoms with Crippen molar-refractivity contribution >= 4 is 11.7 Å². The van der Waals surface area contributed by atoms with Gasteiger partial charge < -0.3 is 20.4 Å². The molecule has 108 valence electrons. The minimum Gasteiger partial charge on any atom is -0.409 e. The highest BCUT2D eigenvalue weighted by Gasteiger charge is 2.30. The van der Waals surface area contributed by atoms with Gasteiger partial charge in [-0.2, -0.15) is 0 Å². The standard InChI is InChI=1S/C13H18N4O3/c1-16-7-5-9(8-11(16)18)13(19)17-6-3-2-4-10(17)12(14)15-20/h5,7-8,10,20H,2-4,6H2,1H3,(H2,14,15). The predicted octanol–water partition coefficient (Wildman–Crippen LogP) is 0.126. The number of aryl methyl sites for hydroxylation is 1. The van der Waals surface area contributed by atoms with Gasteiger partial charge in [0.15, 0.2) is 5.84 Å². The SMILES string of the molecule is Cn1ccc(C(=O)N2CCCCC2/C(N)=N/O)cc1=O. The highest BCUT2D eigenvalue weighted by molar-refractivity contribution is 5.98. The van der Waals surface area contributed by atoms with Gasteiger partial charge in [-0.1, -0.05) is 5.16 Å². The van der Waals surface area contributed by atoms with E-state index in [2.05, 4.69) is 5.16 Å². The average Bonchev–Trinajstić information content (AvgIpc) is 2.48. The highest BCUT2D eigenvalue weighted by atomic mass is 16.4. The Morgan fingerprint density at radius 3 is 2.90 bits per heavy atom. The Bertz CT molecular complexity index is 594. The maximum atomic E-state index is 12.5. The normalized spacial score (nSPS) is 19.9. The van der Waals surface area contributed by atoms with Crippen LogP contribution in [0.2, 0.25) is 0 Å². The molecule has 0 spiro atoms. The maximum absolute atomic E-state index is 12.5. The van der Waals surface area contributed by atoms with Crippen LogP contribution in [-0.4, -0.2) is 39.0 Å². The fourth-order valence-corrected chi connectivity index (χ4v) is 2.40. The second kappa shape index (κ2) is 5.77. The largest absolute Gasteiger partial charge is 0.409 e. The van der Waals surface area contributed by atoms with Crippen molar-refractivity contribution in [1.29, 1.82) is 0 Å². The van der Waals surface area contributed by atoms with Gasteiger partial charge in [-0.05, 0) is 25.3 Å². The third-order valence-corrected chi connectivity index (χ3v) is 3.57. The van der Waals surface area contributed by atoms with E-state index in [9.17, 15) is 9.59 Å². The molecule has 1 aliphatic heterocycles. The quantitative estimate of drug-likeness (QED) is 0.347. The van der Waals surface area contributed by atoms with Gasteiger partial charge in [0, 0.05) is 31.4 Å². The number of carbonyl (C=O) groups is 1. The molecular weight excluding hydrogens is 260 g/mol. The molecule has 0 bridgehead atoms. The van der Waals surface area contributed by atoms with Crippen molar-refractivity contribution in [3.63, 3.8) is 0 Å². The van der Waals surface area contributed by atoms with E-state index in [1.165, 1.54) is 10.6 Å². The zero-order valence-corrected chi connectivity index (χ0v) is 11.3. The molecule has 2 rings (SSSR count). The van der Waals surface area contributed by atoms with Crippen molar-refractivity contribution in [2.75, 3.05) is 6.54 Å². The minimum absolute atomic E-state index is 0.0295. The Labute approximate surface area is 116 Å². The molecule has 1 aromatic heterocycles. The second-order valence-corrected chi connectivity index (χ2v) is 4.90. The first-order valence-electron chi connectivity index (χ1n) is 6.49. The van der Waals surface area contributed by atoms with Crippen LogP contribution >= 0.6 is 0 Å².